The highest BCUT2D eigenvalue weighted by Crippen LogP contribution is 2.22. The fourth-order valence-electron chi connectivity index (χ4n) is 2.78. The fourth-order valence-corrected chi connectivity index (χ4v) is 3.40. The van der Waals surface area contributed by atoms with E-state index in [2.05, 4.69) is 30.2 Å². The Hall–Kier alpha value is -2.92. The Morgan fingerprint density at radius 1 is 1.12 bits per heavy atom. The third kappa shape index (κ3) is 3.39. The Morgan fingerprint density at radius 2 is 1.88 bits per heavy atom. The highest BCUT2D eigenvalue weighted by atomic mass is 32.1. The predicted octanol–water partition coefficient (Wildman–Crippen LogP) is 5.35. The van der Waals surface area contributed by atoms with Crippen LogP contribution in [0, 0.1) is 13.8 Å². The van der Waals surface area contributed by atoms with Crippen molar-refractivity contribution in [2.45, 2.75) is 20.3 Å². The van der Waals surface area contributed by atoms with E-state index in [9.17, 15) is 4.79 Å². The topological polar surface area (TPSA) is 55.1 Å². The zero-order valence-electron chi connectivity index (χ0n) is 14.6. The number of aromatic nitrogens is 1. The summed E-state index contributed by atoms with van der Waals surface area (Å²) < 4.78 is 5.87. The lowest BCUT2D eigenvalue weighted by atomic mass is 10.1. The molecule has 0 aliphatic rings. The standard InChI is InChI=1S/C21H18N2O2S/c1-13-10-17-18(11-14(13)2)25-20(23-17)12-15-5-7-16(8-6-15)22-21(24)19-4-3-9-26-19/h3-11H,12H2,1-2H3,(H,22,24). The molecule has 0 bridgehead atoms. The van der Waals surface area contributed by atoms with E-state index in [1.54, 1.807) is 0 Å². The minimum absolute atomic E-state index is 0.0857. The van der Waals surface area contributed by atoms with E-state index in [1.807, 2.05) is 47.8 Å². The van der Waals surface area contributed by atoms with E-state index in [-0.39, 0.29) is 5.91 Å². The lowest BCUT2D eigenvalue weighted by molar-refractivity contribution is 0.103. The minimum Gasteiger partial charge on any atom is -0.440 e. The van der Waals surface area contributed by atoms with Gasteiger partial charge in [0, 0.05) is 12.1 Å². The lowest BCUT2D eigenvalue weighted by Crippen LogP contribution is -2.09. The average molecular weight is 362 g/mol. The van der Waals surface area contributed by atoms with Crippen molar-refractivity contribution in [2.24, 2.45) is 0 Å². The highest BCUT2D eigenvalue weighted by molar-refractivity contribution is 7.12. The van der Waals surface area contributed by atoms with Crippen molar-refractivity contribution in [1.29, 1.82) is 0 Å². The van der Waals surface area contributed by atoms with Crippen LogP contribution in [0.1, 0.15) is 32.3 Å². The molecule has 0 radical (unpaired) electrons. The number of aryl methyl sites for hydroxylation is 2. The molecule has 0 aliphatic carbocycles. The molecule has 0 saturated heterocycles. The van der Waals surface area contributed by atoms with Gasteiger partial charge in [-0.15, -0.1) is 11.3 Å². The number of fused-ring (bicyclic) bond motifs is 1. The van der Waals surface area contributed by atoms with Crippen LogP contribution in [-0.2, 0) is 6.42 Å². The summed E-state index contributed by atoms with van der Waals surface area (Å²) in [7, 11) is 0. The van der Waals surface area contributed by atoms with Gasteiger partial charge in [-0.3, -0.25) is 4.79 Å². The van der Waals surface area contributed by atoms with Crippen molar-refractivity contribution >= 4 is 34.0 Å². The van der Waals surface area contributed by atoms with E-state index in [0.717, 1.165) is 22.4 Å². The first-order chi connectivity index (χ1) is 12.6. The number of oxazole rings is 1. The molecule has 2 heterocycles. The van der Waals surface area contributed by atoms with Crippen LogP contribution >= 0.6 is 11.3 Å². The van der Waals surface area contributed by atoms with E-state index in [4.69, 9.17) is 4.42 Å². The van der Waals surface area contributed by atoms with Gasteiger partial charge in [-0.05, 0) is 66.2 Å². The molecule has 1 amide bonds. The molecule has 5 heteroatoms. The number of carbonyl (C=O) groups excluding carboxylic acids is 1. The van der Waals surface area contributed by atoms with Gasteiger partial charge in [-0.2, -0.15) is 0 Å². The Labute approximate surface area is 155 Å². The van der Waals surface area contributed by atoms with Gasteiger partial charge >= 0.3 is 0 Å². The first-order valence-electron chi connectivity index (χ1n) is 8.39. The van der Waals surface area contributed by atoms with E-state index >= 15 is 0 Å². The summed E-state index contributed by atoms with van der Waals surface area (Å²) in [5.74, 6) is 0.609. The van der Waals surface area contributed by atoms with Crippen LogP contribution in [-0.4, -0.2) is 10.9 Å². The second-order valence-corrected chi connectivity index (χ2v) is 7.26. The van der Waals surface area contributed by atoms with Crippen molar-refractivity contribution in [3.63, 3.8) is 0 Å². The molecule has 0 atom stereocenters. The third-order valence-electron chi connectivity index (χ3n) is 4.36. The van der Waals surface area contributed by atoms with Gasteiger partial charge in [0.1, 0.15) is 5.52 Å². The predicted molar refractivity (Wildman–Crippen MR) is 105 cm³/mol. The smallest absolute Gasteiger partial charge is 0.265 e. The van der Waals surface area contributed by atoms with Crippen LogP contribution in [0.4, 0.5) is 5.69 Å². The second kappa shape index (κ2) is 6.77. The number of nitrogens with zero attached hydrogens (tertiary/aromatic N) is 1. The number of thiophene rings is 1. The molecule has 4 rings (SSSR count). The molecule has 0 aliphatic heterocycles. The molecule has 2 aromatic carbocycles. The first kappa shape index (κ1) is 16.5. The second-order valence-electron chi connectivity index (χ2n) is 6.32. The summed E-state index contributed by atoms with van der Waals surface area (Å²) >= 11 is 1.43. The summed E-state index contributed by atoms with van der Waals surface area (Å²) in [5.41, 5.74) is 5.98. The molecule has 0 saturated carbocycles. The van der Waals surface area contributed by atoms with Crippen molar-refractivity contribution in [1.82, 2.24) is 4.98 Å². The van der Waals surface area contributed by atoms with E-state index in [1.165, 1.54) is 22.5 Å². The van der Waals surface area contributed by atoms with Gasteiger partial charge < -0.3 is 9.73 Å². The van der Waals surface area contributed by atoms with Gasteiger partial charge in [-0.25, -0.2) is 4.98 Å². The van der Waals surface area contributed by atoms with Crippen LogP contribution < -0.4 is 5.32 Å². The molecule has 1 N–H and O–H groups in total. The maximum absolute atomic E-state index is 12.1. The summed E-state index contributed by atoms with van der Waals surface area (Å²) in [6.45, 7) is 4.15. The van der Waals surface area contributed by atoms with Crippen molar-refractivity contribution in [3.05, 3.63) is 81.4 Å². The SMILES string of the molecule is Cc1cc2nc(Cc3ccc(NC(=O)c4cccs4)cc3)oc2cc1C. The Balaban J connectivity index is 1.48. The maximum Gasteiger partial charge on any atom is 0.265 e. The molecule has 2 aromatic heterocycles. The monoisotopic (exact) mass is 362 g/mol. The average Bonchev–Trinajstić information content (AvgIpc) is 3.27. The van der Waals surface area contributed by atoms with Crippen LogP contribution in [0.15, 0.2) is 58.3 Å². The Bertz CT molecular complexity index is 1020. The van der Waals surface area contributed by atoms with E-state index in [0.29, 0.717) is 17.2 Å². The van der Waals surface area contributed by atoms with Gasteiger partial charge in [0.05, 0.1) is 4.88 Å². The van der Waals surface area contributed by atoms with Gasteiger partial charge in [0.2, 0.25) is 0 Å². The van der Waals surface area contributed by atoms with Gasteiger partial charge in [-0.1, -0.05) is 18.2 Å². The molecule has 130 valence electrons. The van der Waals surface area contributed by atoms with Gasteiger partial charge in [0.15, 0.2) is 11.5 Å². The molecule has 0 unspecified atom stereocenters. The summed E-state index contributed by atoms with van der Waals surface area (Å²) in [4.78, 5) is 17.4. The summed E-state index contributed by atoms with van der Waals surface area (Å²) in [6, 6.07) is 15.5. The van der Waals surface area contributed by atoms with Gasteiger partial charge in [0.25, 0.3) is 5.91 Å². The van der Waals surface area contributed by atoms with Crippen molar-refractivity contribution in [3.8, 4) is 0 Å². The number of rotatable bonds is 4. The maximum atomic E-state index is 12.1. The summed E-state index contributed by atoms with van der Waals surface area (Å²) in [6.07, 6.45) is 0.617. The molecular formula is C21H18N2O2S. The zero-order chi connectivity index (χ0) is 18.1. The lowest BCUT2D eigenvalue weighted by Gasteiger charge is -2.04. The normalized spacial score (nSPS) is 11.0. The largest absolute Gasteiger partial charge is 0.440 e. The number of hydrogen-bond donors (Lipinski definition) is 1. The van der Waals surface area contributed by atoms with Crippen molar-refractivity contribution < 1.29 is 9.21 Å². The summed E-state index contributed by atoms with van der Waals surface area (Å²) in [5, 5.41) is 4.79. The highest BCUT2D eigenvalue weighted by Gasteiger charge is 2.10. The minimum atomic E-state index is -0.0857. The number of carbonyl (C=O) groups is 1. The first-order valence-corrected chi connectivity index (χ1v) is 9.27. The molecule has 26 heavy (non-hydrogen) atoms. The molecule has 4 aromatic rings. The zero-order valence-corrected chi connectivity index (χ0v) is 15.4. The number of nitrogens with one attached hydrogen (secondary N) is 1. The Morgan fingerprint density at radius 3 is 2.62 bits per heavy atom. The van der Waals surface area contributed by atoms with Crippen molar-refractivity contribution in [2.75, 3.05) is 5.32 Å². The van der Waals surface area contributed by atoms with Crippen LogP contribution in [0.5, 0.6) is 0 Å². The third-order valence-corrected chi connectivity index (χ3v) is 5.23. The number of amides is 1. The number of anilines is 1. The molecular weight excluding hydrogens is 344 g/mol. The quantitative estimate of drug-likeness (QED) is 0.532. The molecule has 4 nitrogen and oxygen atoms in total. The van der Waals surface area contributed by atoms with Crippen LogP contribution in [0.2, 0.25) is 0 Å². The fraction of sp³-hybridized carbons (Fsp3) is 0.143. The number of hydrogen-bond acceptors (Lipinski definition) is 4. The van der Waals surface area contributed by atoms with E-state index < -0.39 is 0 Å². The Kier molecular flexibility index (Phi) is 4.31. The van der Waals surface area contributed by atoms with Crippen LogP contribution in [0.3, 0.4) is 0 Å². The molecule has 0 fully saturated rings. The number of benzene rings is 2. The van der Waals surface area contributed by atoms with Crippen LogP contribution in [0.25, 0.3) is 11.1 Å². The molecule has 0 spiro atoms.